The Bertz CT molecular complexity index is 1180. The van der Waals surface area contributed by atoms with Gasteiger partial charge in [0.15, 0.2) is 0 Å². The van der Waals surface area contributed by atoms with Crippen LogP contribution in [0.5, 0.6) is 0 Å². The van der Waals surface area contributed by atoms with Crippen LogP contribution >= 0.6 is 0 Å². The molecule has 0 heterocycles. The molecule has 7 aliphatic carbocycles. The van der Waals surface area contributed by atoms with Crippen LogP contribution in [-0.4, -0.2) is 0 Å². The van der Waals surface area contributed by atoms with Gasteiger partial charge < -0.3 is 0 Å². The fraction of sp³-hybridized carbons (Fsp3) is 0.882. The van der Waals surface area contributed by atoms with Gasteiger partial charge in [-0.05, 0) is 185 Å². The van der Waals surface area contributed by atoms with Gasteiger partial charge >= 0.3 is 0 Å². The Balaban J connectivity index is 0.000000149. The zero-order chi connectivity index (χ0) is 37.0. The topological polar surface area (TPSA) is 0 Å². The van der Waals surface area contributed by atoms with Crippen LogP contribution < -0.4 is 0 Å². The van der Waals surface area contributed by atoms with E-state index < -0.39 is 0 Å². The Kier molecular flexibility index (Phi) is 14.1. The molecule has 0 N–H and O–H groups in total. The van der Waals surface area contributed by atoms with Gasteiger partial charge in [0, 0.05) is 0 Å². The molecule has 6 saturated carbocycles. The van der Waals surface area contributed by atoms with Gasteiger partial charge in [0.1, 0.15) is 0 Å². The molecule has 0 bridgehead atoms. The van der Waals surface area contributed by atoms with Crippen molar-refractivity contribution in [2.24, 2.45) is 74.9 Å². The van der Waals surface area contributed by atoms with Crippen molar-refractivity contribution in [2.75, 3.05) is 0 Å². The third-order valence-corrected chi connectivity index (χ3v) is 18.0. The highest BCUT2D eigenvalue weighted by atomic mass is 14.6. The monoisotopic (exact) mass is 701 g/mol. The number of unbranched alkanes of at least 4 members (excludes halogenated alkanes) is 1. The highest BCUT2D eigenvalue weighted by molar-refractivity contribution is 5.17. The molecule has 0 heteroatoms. The van der Waals surface area contributed by atoms with Crippen LogP contribution in [0.1, 0.15) is 210 Å². The SMILES string of the molecule is C=C1CCC2C(C)(C)CCCC2(C)C1C/C=C/C.CC1(C)CCC[C@]2(C)C1CCC1CCCC[C@H]12.CCCCC1C(C)CCC2C(C)=CCCC21. The molecule has 0 aromatic rings. The molecule has 7 aliphatic rings. The highest BCUT2D eigenvalue weighted by Gasteiger charge is 2.55. The van der Waals surface area contributed by atoms with E-state index in [4.69, 9.17) is 0 Å². The number of fused-ring (bicyclic) bond motifs is 5. The lowest BCUT2D eigenvalue weighted by Gasteiger charge is -2.60. The number of rotatable bonds is 5. The highest BCUT2D eigenvalue weighted by Crippen LogP contribution is 2.64. The minimum Gasteiger partial charge on any atom is -0.0995 e. The minimum absolute atomic E-state index is 0.497. The van der Waals surface area contributed by atoms with Gasteiger partial charge in [-0.15, -0.1) is 0 Å². The van der Waals surface area contributed by atoms with Crippen molar-refractivity contribution in [2.45, 2.75) is 210 Å². The van der Waals surface area contributed by atoms with Crippen LogP contribution in [0.3, 0.4) is 0 Å². The van der Waals surface area contributed by atoms with Crippen LogP contribution in [0.15, 0.2) is 36.0 Å². The lowest BCUT2D eigenvalue weighted by Crippen LogP contribution is -2.52. The first-order chi connectivity index (χ1) is 24.2. The molecule has 9 unspecified atom stereocenters. The first-order valence-electron chi connectivity index (χ1n) is 23.1. The van der Waals surface area contributed by atoms with Crippen molar-refractivity contribution < 1.29 is 0 Å². The maximum Gasteiger partial charge on any atom is -0.0115 e. The van der Waals surface area contributed by atoms with Crippen molar-refractivity contribution in [1.29, 1.82) is 0 Å². The maximum absolute atomic E-state index is 4.40. The summed E-state index contributed by atoms with van der Waals surface area (Å²) >= 11 is 0. The van der Waals surface area contributed by atoms with E-state index in [0.717, 1.165) is 47.3 Å². The third-order valence-electron chi connectivity index (χ3n) is 18.0. The van der Waals surface area contributed by atoms with Crippen LogP contribution in [0.4, 0.5) is 0 Å². The molecule has 11 atom stereocenters. The van der Waals surface area contributed by atoms with E-state index in [1.165, 1.54) is 128 Å². The number of allylic oxidation sites excluding steroid dienone is 5. The van der Waals surface area contributed by atoms with Gasteiger partial charge in [-0.3, -0.25) is 0 Å². The van der Waals surface area contributed by atoms with E-state index in [1.54, 1.807) is 24.8 Å². The molecule has 7 rings (SSSR count). The second-order valence-electron chi connectivity index (χ2n) is 21.7. The Morgan fingerprint density at radius 3 is 2.12 bits per heavy atom. The Hall–Kier alpha value is -0.780. The van der Waals surface area contributed by atoms with Gasteiger partial charge in [-0.1, -0.05) is 136 Å². The smallest absolute Gasteiger partial charge is 0.0115 e. The molecule has 0 spiro atoms. The molecule has 292 valence electrons. The Morgan fingerprint density at radius 1 is 0.765 bits per heavy atom. The summed E-state index contributed by atoms with van der Waals surface area (Å²) in [6, 6.07) is 0. The molecule has 0 radical (unpaired) electrons. The fourth-order valence-electron chi connectivity index (χ4n) is 15.3. The second-order valence-corrected chi connectivity index (χ2v) is 21.7. The quantitative estimate of drug-likeness (QED) is 0.250. The van der Waals surface area contributed by atoms with Crippen LogP contribution in [0.2, 0.25) is 0 Å². The lowest BCUT2D eigenvalue weighted by atomic mass is 9.45. The van der Waals surface area contributed by atoms with Crippen LogP contribution in [0.25, 0.3) is 0 Å². The van der Waals surface area contributed by atoms with E-state index in [1.807, 2.05) is 0 Å². The summed E-state index contributed by atoms with van der Waals surface area (Å²) < 4.78 is 0. The average Bonchev–Trinajstić information content (AvgIpc) is 3.08. The van der Waals surface area contributed by atoms with Crippen molar-refractivity contribution in [1.82, 2.24) is 0 Å². The van der Waals surface area contributed by atoms with E-state index in [-0.39, 0.29) is 0 Å². The van der Waals surface area contributed by atoms with E-state index in [9.17, 15) is 0 Å². The summed E-state index contributed by atoms with van der Waals surface area (Å²) in [4.78, 5) is 0. The van der Waals surface area contributed by atoms with Crippen LogP contribution in [-0.2, 0) is 0 Å². The molecule has 6 fully saturated rings. The van der Waals surface area contributed by atoms with Gasteiger partial charge in [-0.25, -0.2) is 0 Å². The maximum atomic E-state index is 4.40. The van der Waals surface area contributed by atoms with Gasteiger partial charge in [-0.2, -0.15) is 0 Å². The molecule has 0 aromatic carbocycles. The predicted molar refractivity (Wildman–Crippen MR) is 226 cm³/mol. The fourth-order valence-corrected chi connectivity index (χ4v) is 15.3. The first-order valence-corrected chi connectivity index (χ1v) is 23.1. The molecule has 0 saturated heterocycles. The van der Waals surface area contributed by atoms with Crippen molar-refractivity contribution in [3.63, 3.8) is 0 Å². The molecule has 0 amide bonds. The Labute approximate surface area is 320 Å². The van der Waals surface area contributed by atoms with E-state index in [2.05, 4.69) is 94.0 Å². The molecular weight excluding hydrogens is 613 g/mol. The predicted octanol–water partition coefficient (Wildman–Crippen LogP) is 16.4. The van der Waals surface area contributed by atoms with Gasteiger partial charge in [0.05, 0.1) is 0 Å². The van der Waals surface area contributed by atoms with Gasteiger partial charge in [0.2, 0.25) is 0 Å². The average molecular weight is 701 g/mol. The standard InChI is InChI=1S/C18H30.C17H30.C16H28/c1-6-7-9-15-14(2)10-11-16-17(3,4)12-8-13-18(15,16)5;1-16(2)11-6-12-17(3)14-8-5-4-7-13(14)9-10-15(16)17;1-4-5-8-14-13(3)10-11-15-12(2)7-6-9-16(14)15/h6-7,15-16H,2,8-13H2,1,3-5H3;13-15H,4-12H2,1-3H3;7,13-16H,4-6,8-11H2,1-3H3/b7-6+;;/t;13?,14-,15?,17+;/m.1./s1. The minimum atomic E-state index is 0.497. The molecule has 51 heavy (non-hydrogen) atoms. The molecular formula is C51H88. The zero-order valence-electron chi connectivity index (χ0n) is 36.2. The third kappa shape index (κ3) is 8.87. The van der Waals surface area contributed by atoms with Crippen molar-refractivity contribution >= 4 is 0 Å². The normalized spacial score (nSPS) is 42.7. The molecule has 0 aromatic heterocycles. The number of hydrogen-bond donors (Lipinski definition) is 0. The largest absolute Gasteiger partial charge is 0.0995 e. The summed E-state index contributed by atoms with van der Waals surface area (Å²) in [5.41, 5.74) is 5.58. The summed E-state index contributed by atoms with van der Waals surface area (Å²) in [5.74, 6) is 8.79. The van der Waals surface area contributed by atoms with Crippen molar-refractivity contribution in [3.8, 4) is 0 Å². The van der Waals surface area contributed by atoms with Gasteiger partial charge in [0.25, 0.3) is 0 Å². The summed E-state index contributed by atoms with van der Waals surface area (Å²) in [7, 11) is 0. The molecule has 0 nitrogen and oxygen atoms in total. The Morgan fingerprint density at radius 2 is 1.43 bits per heavy atom. The summed E-state index contributed by atoms with van der Waals surface area (Å²) in [6.45, 7) is 29.1. The number of hydrogen-bond acceptors (Lipinski definition) is 0. The summed E-state index contributed by atoms with van der Waals surface area (Å²) in [5, 5.41) is 0. The zero-order valence-corrected chi connectivity index (χ0v) is 36.2. The first kappa shape index (κ1) is 41.4. The molecule has 0 aliphatic heterocycles. The summed E-state index contributed by atoms with van der Waals surface area (Å²) in [6.07, 6.45) is 38.9. The van der Waals surface area contributed by atoms with Crippen molar-refractivity contribution in [3.05, 3.63) is 36.0 Å². The van der Waals surface area contributed by atoms with E-state index >= 15 is 0 Å². The second kappa shape index (κ2) is 17.3. The van der Waals surface area contributed by atoms with E-state index in [0.29, 0.717) is 27.6 Å². The van der Waals surface area contributed by atoms with Crippen LogP contribution in [0, 0.1) is 74.9 Å². The lowest BCUT2D eigenvalue weighted by molar-refractivity contribution is -0.108.